The van der Waals surface area contributed by atoms with Gasteiger partial charge in [-0.3, -0.25) is 14.4 Å². The van der Waals surface area contributed by atoms with Gasteiger partial charge in [0.15, 0.2) is 0 Å². The van der Waals surface area contributed by atoms with Crippen LogP contribution in [0.5, 0.6) is 5.75 Å². The summed E-state index contributed by atoms with van der Waals surface area (Å²) in [6.45, 7) is 8.26. The van der Waals surface area contributed by atoms with Gasteiger partial charge in [0.2, 0.25) is 11.8 Å². The first-order valence-corrected chi connectivity index (χ1v) is 11.8. The molecule has 1 aromatic rings. The average molecular weight is 494 g/mol. The largest absolute Gasteiger partial charge is 0.507 e. The molecule has 196 valence electrons. The van der Waals surface area contributed by atoms with Gasteiger partial charge in [-0.05, 0) is 39.7 Å². The molecular formula is C25H39N3O7. The standard InChI is InChI=1S/C25H39N3O7/c1-7-8-9-10-14-28(19(29)15-27-24(33)35-25(3,4)5)21(23(32)26-16-20(30)34-6)18-13-11-12-17(2)22(18)31/h11-13,21,31H,7-10,14-16H2,1-6H3,(H,26,32)(H,27,33). The molecule has 1 atom stereocenters. The average Bonchev–Trinajstić information content (AvgIpc) is 2.79. The minimum atomic E-state index is -1.23. The van der Waals surface area contributed by atoms with E-state index in [4.69, 9.17) is 4.74 Å². The van der Waals surface area contributed by atoms with E-state index in [1.165, 1.54) is 12.0 Å². The smallest absolute Gasteiger partial charge is 0.408 e. The monoisotopic (exact) mass is 493 g/mol. The fraction of sp³-hybridized carbons (Fsp3) is 0.600. The van der Waals surface area contributed by atoms with Crippen LogP contribution >= 0.6 is 0 Å². The fourth-order valence-electron chi connectivity index (χ4n) is 3.35. The van der Waals surface area contributed by atoms with Crippen LogP contribution in [-0.4, -0.2) is 66.2 Å². The second-order valence-electron chi connectivity index (χ2n) is 9.21. The van der Waals surface area contributed by atoms with Crippen molar-refractivity contribution in [2.75, 3.05) is 26.7 Å². The van der Waals surface area contributed by atoms with Gasteiger partial charge < -0.3 is 30.1 Å². The quantitative estimate of drug-likeness (QED) is 0.301. The van der Waals surface area contributed by atoms with Crippen LogP contribution in [0.15, 0.2) is 18.2 Å². The van der Waals surface area contributed by atoms with Crippen molar-refractivity contribution < 1.29 is 33.8 Å². The van der Waals surface area contributed by atoms with Gasteiger partial charge in [-0.15, -0.1) is 0 Å². The van der Waals surface area contributed by atoms with E-state index in [0.717, 1.165) is 19.3 Å². The van der Waals surface area contributed by atoms with Crippen LogP contribution in [0.1, 0.15) is 70.5 Å². The predicted octanol–water partition coefficient (Wildman–Crippen LogP) is 2.96. The number of hydrogen-bond donors (Lipinski definition) is 3. The number of nitrogens with one attached hydrogen (secondary N) is 2. The molecule has 0 fully saturated rings. The van der Waals surface area contributed by atoms with E-state index in [0.29, 0.717) is 12.0 Å². The Morgan fingerprint density at radius 1 is 1.06 bits per heavy atom. The number of unbranched alkanes of at least 4 members (excludes halogenated alkanes) is 3. The third-order valence-electron chi connectivity index (χ3n) is 5.11. The number of carbonyl (C=O) groups excluding carboxylic acids is 4. The third-order valence-corrected chi connectivity index (χ3v) is 5.11. The zero-order chi connectivity index (χ0) is 26.6. The number of esters is 1. The Hall–Kier alpha value is -3.30. The van der Waals surface area contributed by atoms with E-state index in [2.05, 4.69) is 22.3 Å². The number of aromatic hydroxyl groups is 1. The molecule has 0 aromatic heterocycles. The molecule has 1 aromatic carbocycles. The molecule has 0 spiro atoms. The molecule has 10 nitrogen and oxygen atoms in total. The highest BCUT2D eigenvalue weighted by molar-refractivity contribution is 5.92. The Balaban J connectivity index is 3.28. The molecule has 35 heavy (non-hydrogen) atoms. The Labute approximate surface area is 207 Å². The van der Waals surface area contributed by atoms with Crippen LogP contribution in [0, 0.1) is 6.92 Å². The van der Waals surface area contributed by atoms with Crippen LogP contribution < -0.4 is 10.6 Å². The van der Waals surface area contributed by atoms with Crippen molar-refractivity contribution in [2.24, 2.45) is 0 Å². The Kier molecular flexibility index (Phi) is 12.0. The molecule has 3 N–H and O–H groups in total. The van der Waals surface area contributed by atoms with Crippen molar-refractivity contribution in [1.82, 2.24) is 15.5 Å². The molecule has 0 aliphatic rings. The number of phenolic OH excluding ortho intramolecular Hbond substituents is 1. The van der Waals surface area contributed by atoms with Gasteiger partial charge in [-0.25, -0.2) is 4.79 Å². The van der Waals surface area contributed by atoms with E-state index in [1.807, 2.05) is 0 Å². The van der Waals surface area contributed by atoms with Gasteiger partial charge in [-0.2, -0.15) is 0 Å². The molecular weight excluding hydrogens is 454 g/mol. The fourth-order valence-corrected chi connectivity index (χ4v) is 3.35. The van der Waals surface area contributed by atoms with Crippen molar-refractivity contribution in [1.29, 1.82) is 0 Å². The van der Waals surface area contributed by atoms with Crippen LogP contribution in [0.2, 0.25) is 0 Å². The first-order chi connectivity index (χ1) is 16.4. The normalized spacial score (nSPS) is 11.8. The molecule has 3 amide bonds. The van der Waals surface area contributed by atoms with Gasteiger partial charge >= 0.3 is 12.1 Å². The minimum absolute atomic E-state index is 0.128. The maximum Gasteiger partial charge on any atom is 0.408 e. The highest BCUT2D eigenvalue weighted by Crippen LogP contribution is 2.32. The van der Waals surface area contributed by atoms with Crippen molar-refractivity contribution in [3.8, 4) is 5.75 Å². The third kappa shape index (κ3) is 10.2. The first kappa shape index (κ1) is 29.7. The van der Waals surface area contributed by atoms with Crippen molar-refractivity contribution in [3.05, 3.63) is 29.3 Å². The highest BCUT2D eigenvalue weighted by atomic mass is 16.6. The minimum Gasteiger partial charge on any atom is -0.507 e. The second-order valence-corrected chi connectivity index (χ2v) is 9.21. The lowest BCUT2D eigenvalue weighted by Gasteiger charge is -2.32. The summed E-state index contributed by atoms with van der Waals surface area (Å²) < 4.78 is 9.78. The lowest BCUT2D eigenvalue weighted by Crippen LogP contribution is -2.48. The summed E-state index contributed by atoms with van der Waals surface area (Å²) in [5.74, 6) is -1.97. The van der Waals surface area contributed by atoms with E-state index in [9.17, 15) is 24.3 Å². The van der Waals surface area contributed by atoms with E-state index in [-0.39, 0.29) is 17.9 Å². The zero-order valence-electron chi connectivity index (χ0n) is 21.6. The maximum absolute atomic E-state index is 13.3. The van der Waals surface area contributed by atoms with Gasteiger partial charge in [-0.1, -0.05) is 44.4 Å². The number of phenols is 1. The Morgan fingerprint density at radius 3 is 2.34 bits per heavy atom. The maximum atomic E-state index is 13.3. The molecule has 0 bridgehead atoms. The number of hydrogen-bond acceptors (Lipinski definition) is 7. The number of rotatable bonds is 12. The number of amides is 3. The molecule has 1 unspecified atom stereocenters. The number of methoxy groups -OCH3 is 1. The molecule has 0 saturated carbocycles. The van der Waals surface area contributed by atoms with Gasteiger partial charge in [0.1, 0.15) is 30.5 Å². The molecule has 0 aliphatic carbocycles. The van der Waals surface area contributed by atoms with Gasteiger partial charge in [0.25, 0.3) is 0 Å². The second kappa shape index (κ2) is 14.2. The Bertz CT molecular complexity index is 880. The number of alkyl carbamates (subject to hydrolysis) is 1. The number of carbonyl (C=O) groups is 4. The lowest BCUT2D eigenvalue weighted by atomic mass is 9.99. The van der Waals surface area contributed by atoms with Crippen LogP contribution in [0.3, 0.4) is 0 Å². The number of nitrogens with zero attached hydrogens (tertiary/aromatic N) is 1. The lowest BCUT2D eigenvalue weighted by molar-refractivity contribution is -0.143. The molecule has 0 aliphatic heterocycles. The molecule has 10 heteroatoms. The molecule has 0 saturated heterocycles. The molecule has 0 heterocycles. The number of para-hydroxylation sites is 1. The van der Waals surface area contributed by atoms with Gasteiger partial charge in [0.05, 0.1) is 7.11 Å². The summed E-state index contributed by atoms with van der Waals surface area (Å²) in [4.78, 5) is 51.6. The van der Waals surface area contributed by atoms with Gasteiger partial charge in [0, 0.05) is 12.1 Å². The SMILES string of the molecule is CCCCCCN(C(=O)CNC(=O)OC(C)(C)C)C(C(=O)NCC(=O)OC)c1cccc(C)c1O. The summed E-state index contributed by atoms with van der Waals surface area (Å²) in [7, 11) is 1.20. The highest BCUT2D eigenvalue weighted by Gasteiger charge is 2.34. The Morgan fingerprint density at radius 2 is 1.74 bits per heavy atom. The van der Waals surface area contributed by atoms with Crippen LogP contribution in [0.4, 0.5) is 4.79 Å². The summed E-state index contributed by atoms with van der Waals surface area (Å²) in [6, 6.07) is 3.68. The van der Waals surface area contributed by atoms with Crippen LogP contribution in [0.25, 0.3) is 0 Å². The summed E-state index contributed by atoms with van der Waals surface area (Å²) in [5, 5.41) is 15.6. The molecule has 0 radical (unpaired) electrons. The van der Waals surface area contributed by atoms with E-state index >= 15 is 0 Å². The van der Waals surface area contributed by atoms with E-state index in [1.54, 1.807) is 45.9 Å². The molecule has 1 rings (SSSR count). The number of aryl methyl sites for hydroxylation is 1. The zero-order valence-corrected chi connectivity index (χ0v) is 21.6. The first-order valence-electron chi connectivity index (χ1n) is 11.8. The van der Waals surface area contributed by atoms with Crippen molar-refractivity contribution in [2.45, 2.75) is 71.9 Å². The predicted molar refractivity (Wildman–Crippen MR) is 131 cm³/mol. The number of ether oxygens (including phenoxy) is 2. The van der Waals surface area contributed by atoms with Crippen LogP contribution in [-0.2, 0) is 23.9 Å². The topological polar surface area (TPSA) is 134 Å². The summed E-state index contributed by atoms with van der Waals surface area (Å²) in [6.07, 6.45) is 2.61. The number of benzene rings is 1. The summed E-state index contributed by atoms with van der Waals surface area (Å²) >= 11 is 0. The van der Waals surface area contributed by atoms with E-state index < -0.39 is 48.6 Å². The van der Waals surface area contributed by atoms with Crippen molar-refractivity contribution in [3.63, 3.8) is 0 Å². The van der Waals surface area contributed by atoms with Crippen molar-refractivity contribution >= 4 is 23.9 Å². The summed E-state index contributed by atoms with van der Waals surface area (Å²) in [5.41, 5.74) is 0.00315.